The molecule has 364 valence electrons. The summed E-state index contributed by atoms with van der Waals surface area (Å²) in [4.78, 5) is 13.0. The maximum absolute atomic E-state index is 13.0. The van der Waals surface area contributed by atoms with E-state index in [1.54, 1.807) is 6.08 Å². The normalized spacial score (nSPS) is 20.8. The zero-order valence-corrected chi connectivity index (χ0v) is 40.1. The zero-order chi connectivity index (χ0) is 45.9. The molecule has 0 aromatic heterocycles. The molecule has 0 saturated carbocycles. The van der Waals surface area contributed by atoms with Gasteiger partial charge in [-0.3, -0.25) is 4.79 Å². The average molecular weight is 886 g/mol. The van der Waals surface area contributed by atoms with E-state index >= 15 is 0 Å². The van der Waals surface area contributed by atoms with Crippen LogP contribution in [0.5, 0.6) is 0 Å². The summed E-state index contributed by atoms with van der Waals surface area (Å²) in [7, 11) is 0. The first kappa shape index (κ1) is 58.6. The van der Waals surface area contributed by atoms with Crippen LogP contribution in [0.3, 0.4) is 0 Å². The highest BCUT2D eigenvalue weighted by Crippen LogP contribution is 2.22. The van der Waals surface area contributed by atoms with Gasteiger partial charge >= 0.3 is 0 Å². The predicted molar refractivity (Wildman–Crippen MR) is 262 cm³/mol. The molecule has 6 N–H and O–H groups in total. The lowest BCUT2D eigenvalue weighted by Gasteiger charge is -2.40. The Morgan fingerprint density at radius 2 is 1.00 bits per heavy atom. The predicted octanol–water partition coefficient (Wildman–Crippen LogP) is 11.7. The fraction of sp³-hybridized carbons (Fsp3) is 0.759. The van der Waals surface area contributed by atoms with Gasteiger partial charge in [-0.05, 0) is 70.6 Å². The van der Waals surface area contributed by atoms with Crippen molar-refractivity contribution in [2.75, 3.05) is 13.2 Å². The molecule has 1 heterocycles. The fourth-order valence-electron chi connectivity index (χ4n) is 7.69. The van der Waals surface area contributed by atoms with Crippen molar-refractivity contribution in [1.29, 1.82) is 0 Å². The number of carbonyl (C=O) groups excluding carboxylic acids is 1. The van der Waals surface area contributed by atoms with E-state index in [9.17, 15) is 30.3 Å². The Balaban J connectivity index is 2.34. The minimum Gasteiger partial charge on any atom is -0.394 e. The molecule has 0 aromatic rings. The Kier molecular flexibility index (Phi) is 40.5. The molecule has 9 heteroatoms. The molecule has 0 aromatic carbocycles. The number of aliphatic hydroxyl groups excluding tert-OH is 5. The molecule has 0 spiro atoms. The number of allylic oxidation sites excluding steroid dienone is 11. The van der Waals surface area contributed by atoms with Crippen LogP contribution in [0.25, 0.3) is 0 Å². The Morgan fingerprint density at radius 1 is 0.556 bits per heavy atom. The summed E-state index contributed by atoms with van der Waals surface area (Å²) in [5.41, 5.74) is 0. The first-order valence-corrected chi connectivity index (χ1v) is 25.7. The SMILES string of the molecule is CC/C=C\C/C=C\C/C=C\C/C=C\CCCCCCCCC(=O)NC(COC1OC(CO)C(O)C(O)C1O)C(O)/C=C/CC/C=C/CCCCCCCCCCCCCCCCC. The third-order valence-electron chi connectivity index (χ3n) is 11.8. The number of nitrogens with one attached hydrogen (secondary N) is 1. The van der Waals surface area contributed by atoms with Gasteiger partial charge in [-0.25, -0.2) is 0 Å². The largest absolute Gasteiger partial charge is 0.394 e. The standard InChI is InChI=1S/C54H95NO8/c1-3-5-7-9-11-13-15-17-19-21-23-24-26-27-29-31-33-35-37-39-41-43-48(57)47(46-62-54-53(61)52(60)51(59)49(45-56)63-54)55-50(58)44-42-40-38-36-34-32-30-28-25-22-20-18-16-14-12-10-8-6-4-2/h6,8,12,14,18,20,25,28,33,35,41,43,47-49,51-54,56-57,59-61H,3-5,7,9-11,13,15-17,19,21-24,26-27,29-32,34,36-40,42,44-46H2,1-2H3,(H,55,58)/b8-6-,14-12-,20-18-,28-25-,35-33+,43-41+. The van der Waals surface area contributed by atoms with E-state index in [1.165, 1.54) is 96.3 Å². The van der Waals surface area contributed by atoms with E-state index in [0.717, 1.165) is 89.9 Å². The minimum absolute atomic E-state index is 0.203. The van der Waals surface area contributed by atoms with E-state index in [-0.39, 0.29) is 12.5 Å². The molecule has 1 fully saturated rings. The molecule has 0 radical (unpaired) electrons. The number of rotatable bonds is 42. The Morgan fingerprint density at radius 3 is 1.52 bits per heavy atom. The van der Waals surface area contributed by atoms with Crippen LogP contribution in [0.4, 0.5) is 0 Å². The van der Waals surface area contributed by atoms with Crippen molar-refractivity contribution >= 4 is 5.91 Å². The molecule has 0 bridgehead atoms. The van der Waals surface area contributed by atoms with Crippen LogP contribution in [0, 0.1) is 0 Å². The van der Waals surface area contributed by atoms with Gasteiger partial charge in [-0.1, -0.05) is 202 Å². The summed E-state index contributed by atoms with van der Waals surface area (Å²) < 4.78 is 11.2. The van der Waals surface area contributed by atoms with Gasteiger partial charge < -0.3 is 40.3 Å². The number of hydrogen-bond acceptors (Lipinski definition) is 8. The van der Waals surface area contributed by atoms with E-state index < -0.39 is 49.5 Å². The third kappa shape index (κ3) is 33.7. The van der Waals surface area contributed by atoms with Crippen LogP contribution in [-0.2, 0) is 14.3 Å². The topological polar surface area (TPSA) is 149 Å². The van der Waals surface area contributed by atoms with Crippen LogP contribution in [0.1, 0.15) is 206 Å². The molecular weight excluding hydrogens is 791 g/mol. The van der Waals surface area contributed by atoms with E-state index in [1.807, 2.05) is 6.08 Å². The second-order valence-corrected chi connectivity index (χ2v) is 17.6. The minimum atomic E-state index is -1.58. The number of unbranched alkanes of at least 4 members (excludes halogenated alkanes) is 22. The van der Waals surface area contributed by atoms with Crippen LogP contribution in [-0.4, -0.2) is 87.5 Å². The molecule has 9 nitrogen and oxygen atoms in total. The van der Waals surface area contributed by atoms with Gasteiger partial charge in [0.2, 0.25) is 5.91 Å². The van der Waals surface area contributed by atoms with Crippen molar-refractivity contribution in [3.8, 4) is 0 Å². The Labute approximate surface area is 385 Å². The van der Waals surface area contributed by atoms with E-state index in [0.29, 0.717) is 6.42 Å². The molecule has 1 saturated heterocycles. The summed E-state index contributed by atoms with van der Waals surface area (Å²) in [6.45, 7) is 3.64. The van der Waals surface area contributed by atoms with Gasteiger partial charge in [0.25, 0.3) is 0 Å². The lowest BCUT2D eigenvalue weighted by molar-refractivity contribution is -0.302. The fourth-order valence-corrected chi connectivity index (χ4v) is 7.69. The molecule has 7 unspecified atom stereocenters. The quantitative estimate of drug-likeness (QED) is 0.0262. The highest BCUT2D eigenvalue weighted by Gasteiger charge is 2.44. The van der Waals surface area contributed by atoms with E-state index in [4.69, 9.17) is 9.47 Å². The third-order valence-corrected chi connectivity index (χ3v) is 11.8. The van der Waals surface area contributed by atoms with Crippen molar-refractivity contribution in [2.24, 2.45) is 0 Å². The highest BCUT2D eigenvalue weighted by atomic mass is 16.7. The maximum atomic E-state index is 13.0. The molecular formula is C54H95NO8. The maximum Gasteiger partial charge on any atom is 0.220 e. The van der Waals surface area contributed by atoms with Gasteiger partial charge in [-0.2, -0.15) is 0 Å². The summed E-state index contributed by atoms with van der Waals surface area (Å²) in [5, 5.41) is 54.3. The number of aliphatic hydroxyl groups is 5. The van der Waals surface area contributed by atoms with Gasteiger partial charge in [0, 0.05) is 6.42 Å². The highest BCUT2D eigenvalue weighted by molar-refractivity contribution is 5.76. The van der Waals surface area contributed by atoms with Gasteiger partial charge in [0.15, 0.2) is 6.29 Å². The van der Waals surface area contributed by atoms with Crippen molar-refractivity contribution < 1.29 is 39.8 Å². The van der Waals surface area contributed by atoms with Gasteiger partial charge in [0.1, 0.15) is 24.4 Å². The van der Waals surface area contributed by atoms with Crippen LogP contribution in [0.15, 0.2) is 72.9 Å². The Bertz CT molecular complexity index is 1210. The molecule has 1 amide bonds. The average Bonchev–Trinajstić information content (AvgIpc) is 3.28. The first-order valence-electron chi connectivity index (χ1n) is 25.7. The molecule has 0 aliphatic carbocycles. The molecule has 63 heavy (non-hydrogen) atoms. The summed E-state index contributed by atoms with van der Waals surface area (Å²) in [6, 6.07) is -0.833. The van der Waals surface area contributed by atoms with Gasteiger partial charge in [-0.15, -0.1) is 0 Å². The summed E-state index contributed by atoms with van der Waals surface area (Å²) >= 11 is 0. The number of ether oxygens (including phenoxy) is 2. The lowest BCUT2D eigenvalue weighted by atomic mass is 9.99. The van der Waals surface area contributed by atoms with Crippen molar-refractivity contribution in [2.45, 2.75) is 249 Å². The molecule has 1 aliphatic rings. The molecule has 1 aliphatic heterocycles. The van der Waals surface area contributed by atoms with Gasteiger partial charge in [0.05, 0.1) is 25.4 Å². The first-order chi connectivity index (χ1) is 30.8. The van der Waals surface area contributed by atoms with Crippen molar-refractivity contribution in [1.82, 2.24) is 5.32 Å². The zero-order valence-electron chi connectivity index (χ0n) is 40.1. The smallest absolute Gasteiger partial charge is 0.220 e. The van der Waals surface area contributed by atoms with Crippen molar-refractivity contribution in [3.63, 3.8) is 0 Å². The lowest BCUT2D eigenvalue weighted by Crippen LogP contribution is -2.60. The van der Waals surface area contributed by atoms with Crippen LogP contribution >= 0.6 is 0 Å². The number of hydrogen-bond donors (Lipinski definition) is 6. The summed E-state index contributed by atoms with van der Waals surface area (Å²) in [6.07, 6.45) is 52.3. The van der Waals surface area contributed by atoms with Crippen LogP contribution < -0.4 is 5.32 Å². The second kappa shape index (κ2) is 43.5. The van der Waals surface area contributed by atoms with Crippen molar-refractivity contribution in [3.05, 3.63) is 72.9 Å². The van der Waals surface area contributed by atoms with E-state index in [2.05, 4.69) is 79.9 Å². The number of carbonyl (C=O) groups is 1. The molecule has 1 rings (SSSR count). The second-order valence-electron chi connectivity index (χ2n) is 17.6. The summed E-state index contributed by atoms with van der Waals surface area (Å²) in [5.74, 6) is -0.203. The molecule has 7 atom stereocenters. The van der Waals surface area contributed by atoms with Crippen LogP contribution in [0.2, 0.25) is 0 Å². The number of amides is 1. The monoisotopic (exact) mass is 886 g/mol. The Hall–Kier alpha value is -2.37.